The van der Waals surface area contributed by atoms with Gasteiger partial charge < -0.3 is 9.47 Å². The lowest BCUT2D eigenvalue weighted by Gasteiger charge is -2.14. The zero-order valence-corrected chi connectivity index (χ0v) is 15.2. The molecule has 2 rings (SSSR count). The monoisotopic (exact) mass is 356 g/mol. The number of anilines is 2. The molecule has 0 aromatic heterocycles. The molecule has 0 radical (unpaired) electrons. The van der Waals surface area contributed by atoms with Crippen molar-refractivity contribution < 1.29 is 19.1 Å². The molecule has 0 saturated heterocycles. The summed E-state index contributed by atoms with van der Waals surface area (Å²) < 4.78 is 9.72. The molecular formula is C20H24N2O4. The number of amides is 2. The van der Waals surface area contributed by atoms with Gasteiger partial charge in [0.2, 0.25) is 0 Å². The zero-order chi connectivity index (χ0) is 18.9. The first-order valence-electron chi connectivity index (χ1n) is 8.61. The molecular weight excluding hydrogens is 332 g/mol. The molecule has 0 fully saturated rings. The third-order valence-electron chi connectivity index (χ3n) is 3.87. The molecule has 0 aliphatic carbocycles. The molecule has 2 aromatic rings. The van der Waals surface area contributed by atoms with Crippen molar-refractivity contribution in [3.05, 3.63) is 59.7 Å². The number of ether oxygens (including phenoxy) is 2. The van der Waals surface area contributed by atoms with Crippen molar-refractivity contribution in [3.8, 4) is 0 Å². The van der Waals surface area contributed by atoms with Crippen LogP contribution in [-0.2, 0) is 9.47 Å². The van der Waals surface area contributed by atoms with Gasteiger partial charge in [-0.15, -0.1) is 0 Å². The quantitative estimate of drug-likeness (QED) is 0.766. The first kappa shape index (κ1) is 19.3. The molecule has 0 bridgehead atoms. The zero-order valence-electron chi connectivity index (χ0n) is 15.2. The van der Waals surface area contributed by atoms with E-state index in [1.165, 1.54) is 0 Å². The number of rotatable bonds is 6. The van der Waals surface area contributed by atoms with E-state index in [9.17, 15) is 9.59 Å². The fourth-order valence-corrected chi connectivity index (χ4v) is 2.47. The third kappa shape index (κ3) is 5.51. The minimum absolute atomic E-state index is 0.170. The van der Waals surface area contributed by atoms with Gasteiger partial charge in [0.25, 0.3) is 0 Å². The average Bonchev–Trinajstić information content (AvgIpc) is 2.63. The van der Waals surface area contributed by atoms with Gasteiger partial charge >= 0.3 is 12.2 Å². The van der Waals surface area contributed by atoms with Crippen LogP contribution >= 0.6 is 0 Å². The molecule has 2 amide bonds. The first-order chi connectivity index (χ1) is 12.5. The van der Waals surface area contributed by atoms with Crippen LogP contribution in [0.2, 0.25) is 0 Å². The van der Waals surface area contributed by atoms with E-state index < -0.39 is 12.2 Å². The van der Waals surface area contributed by atoms with Crippen molar-refractivity contribution in [2.75, 3.05) is 23.8 Å². The SMILES string of the molecule is CCOC(=O)Nc1ccc(C(C)c2ccc(NC(=O)OCC)cc2)cc1. The Morgan fingerprint density at radius 2 is 1.12 bits per heavy atom. The second-order valence-corrected chi connectivity index (χ2v) is 5.66. The van der Waals surface area contributed by atoms with Gasteiger partial charge in [-0.25, -0.2) is 9.59 Å². The summed E-state index contributed by atoms with van der Waals surface area (Å²) in [6.45, 7) is 6.29. The van der Waals surface area contributed by atoms with Crippen molar-refractivity contribution in [2.24, 2.45) is 0 Å². The Morgan fingerprint density at radius 3 is 1.42 bits per heavy atom. The summed E-state index contributed by atoms with van der Waals surface area (Å²) in [5, 5.41) is 5.34. The highest BCUT2D eigenvalue weighted by Gasteiger charge is 2.10. The highest BCUT2D eigenvalue weighted by molar-refractivity contribution is 5.85. The van der Waals surface area contributed by atoms with Crippen molar-refractivity contribution in [1.82, 2.24) is 0 Å². The van der Waals surface area contributed by atoms with E-state index in [1.807, 2.05) is 48.5 Å². The highest BCUT2D eigenvalue weighted by atomic mass is 16.6. The van der Waals surface area contributed by atoms with E-state index in [2.05, 4.69) is 17.6 Å². The van der Waals surface area contributed by atoms with Gasteiger partial charge in [-0.3, -0.25) is 10.6 Å². The van der Waals surface area contributed by atoms with Gasteiger partial charge in [-0.1, -0.05) is 31.2 Å². The Balaban J connectivity index is 2.00. The summed E-state index contributed by atoms with van der Waals surface area (Å²) >= 11 is 0. The summed E-state index contributed by atoms with van der Waals surface area (Å²) in [6, 6.07) is 15.3. The molecule has 0 atom stereocenters. The molecule has 0 unspecified atom stereocenters. The molecule has 138 valence electrons. The van der Waals surface area contributed by atoms with E-state index in [0.29, 0.717) is 24.6 Å². The van der Waals surface area contributed by atoms with Crippen LogP contribution in [0.15, 0.2) is 48.5 Å². The van der Waals surface area contributed by atoms with Crippen LogP contribution in [0.5, 0.6) is 0 Å². The van der Waals surface area contributed by atoms with Crippen molar-refractivity contribution >= 4 is 23.6 Å². The van der Waals surface area contributed by atoms with E-state index in [0.717, 1.165) is 11.1 Å². The van der Waals surface area contributed by atoms with E-state index in [4.69, 9.17) is 9.47 Å². The number of hydrogen-bond acceptors (Lipinski definition) is 4. The lowest BCUT2D eigenvalue weighted by atomic mass is 9.93. The molecule has 6 heteroatoms. The number of carbonyl (C=O) groups is 2. The standard InChI is InChI=1S/C20H24N2O4/c1-4-25-19(23)21-17-10-6-15(7-11-17)14(3)16-8-12-18(13-9-16)22-20(24)26-5-2/h6-14H,4-5H2,1-3H3,(H,21,23)(H,22,24). The van der Waals surface area contributed by atoms with Crippen LogP contribution in [0.1, 0.15) is 37.8 Å². The Labute approximate surface area is 153 Å². The van der Waals surface area contributed by atoms with Gasteiger partial charge in [0, 0.05) is 17.3 Å². The molecule has 2 N–H and O–H groups in total. The molecule has 0 aliphatic heterocycles. The summed E-state index contributed by atoms with van der Waals surface area (Å²) in [5.41, 5.74) is 3.61. The highest BCUT2D eigenvalue weighted by Crippen LogP contribution is 2.26. The van der Waals surface area contributed by atoms with Crippen molar-refractivity contribution in [3.63, 3.8) is 0 Å². The van der Waals surface area contributed by atoms with Crippen LogP contribution in [0.4, 0.5) is 21.0 Å². The van der Waals surface area contributed by atoms with Crippen LogP contribution in [0, 0.1) is 0 Å². The summed E-state index contributed by atoms with van der Waals surface area (Å²) in [4.78, 5) is 22.9. The smallest absolute Gasteiger partial charge is 0.411 e. The number of benzene rings is 2. The van der Waals surface area contributed by atoms with E-state index in [-0.39, 0.29) is 5.92 Å². The molecule has 26 heavy (non-hydrogen) atoms. The second kappa shape index (κ2) is 9.46. The van der Waals surface area contributed by atoms with Gasteiger partial charge in [0.1, 0.15) is 0 Å². The topological polar surface area (TPSA) is 76.7 Å². The molecule has 2 aromatic carbocycles. The molecule has 0 spiro atoms. The van der Waals surface area contributed by atoms with Crippen molar-refractivity contribution in [2.45, 2.75) is 26.7 Å². The fraction of sp³-hybridized carbons (Fsp3) is 0.300. The summed E-state index contributed by atoms with van der Waals surface area (Å²) in [6.07, 6.45) is -0.920. The lowest BCUT2D eigenvalue weighted by Crippen LogP contribution is -2.13. The predicted molar refractivity (Wildman–Crippen MR) is 102 cm³/mol. The predicted octanol–water partition coefficient (Wildman–Crippen LogP) is 4.98. The van der Waals surface area contributed by atoms with Crippen LogP contribution in [-0.4, -0.2) is 25.4 Å². The Hall–Kier alpha value is -3.02. The molecule has 6 nitrogen and oxygen atoms in total. The van der Waals surface area contributed by atoms with Crippen molar-refractivity contribution in [1.29, 1.82) is 0 Å². The minimum atomic E-state index is -0.460. The maximum Gasteiger partial charge on any atom is 0.411 e. The summed E-state index contributed by atoms with van der Waals surface area (Å²) in [5.74, 6) is 0.170. The largest absolute Gasteiger partial charge is 0.450 e. The second-order valence-electron chi connectivity index (χ2n) is 5.66. The fourth-order valence-electron chi connectivity index (χ4n) is 2.47. The minimum Gasteiger partial charge on any atom is -0.450 e. The van der Waals surface area contributed by atoms with Gasteiger partial charge in [-0.05, 0) is 49.2 Å². The normalized spacial score (nSPS) is 10.3. The molecule has 0 aliphatic rings. The number of nitrogens with one attached hydrogen (secondary N) is 2. The summed E-state index contributed by atoms with van der Waals surface area (Å²) in [7, 11) is 0. The van der Waals surface area contributed by atoms with E-state index in [1.54, 1.807) is 13.8 Å². The molecule has 0 heterocycles. The average molecular weight is 356 g/mol. The maximum absolute atomic E-state index is 11.4. The maximum atomic E-state index is 11.4. The van der Waals surface area contributed by atoms with Crippen LogP contribution in [0.3, 0.4) is 0 Å². The van der Waals surface area contributed by atoms with Gasteiger partial charge in [0.05, 0.1) is 13.2 Å². The lowest BCUT2D eigenvalue weighted by molar-refractivity contribution is 0.167. The Bertz CT molecular complexity index is 663. The third-order valence-corrected chi connectivity index (χ3v) is 3.87. The van der Waals surface area contributed by atoms with Gasteiger partial charge in [-0.2, -0.15) is 0 Å². The van der Waals surface area contributed by atoms with Crippen LogP contribution < -0.4 is 10.6 Å². The Morgan fingerprint density at radius 1 is 0.769 bits per heavy atom. The number of hydrogen-bond donors (Lipinski definition) is 2. The van der Waals surface area contributed by atoms with E-state index >= 15 is 0 Å². The first-order valence-corrected chi connectivity index (χ1v) is 8.61. The molecule has 0 saturated carbocycles. The number of carbonyl (C=O) groups excluding carboxylic acids is 2. The Kier molecular flexibility index (Phi) is 7.02. The van der Waals surface area contributed by atoms with Gasteiger partial charge in [0.15, 0.2) is 0 Å². The van der Waals surface area contributed by atoms with Crippen LogP contribution in [0.25, 0.3) is 0 Å².